The van der Waals surface area contributed by atoms with Crippen LogP contribution in [0.2, 0.25) is 10.0 Å². The standard InChI is InChI=1S/C17H8Cl2F3N5O3/c1-23-10-4-8(18)5-11(13(10)19)30-14-15(17(20,21)22)24-7-27(16(14)29)6-9-2-3-12(28)26-25-9/h2-5,7H,6H2,(H,26,28). The topological polar surface area (TPSA) is 94.2 Å². The molecule has 30 heavy (non-hydrogen) atoms. The summed E-state index contributed by atoms with van der Waals surface area (Å²) in [6, 6.07) is 4.69. The number of nitrogens with one attached hydrogen (secondary N) is 1. The molecule has 0 fully saturated rings. The molecule has 0 radical (unpaired) electrons. The lowest BCUT2D eigenvalue weighted by molar-refractivity contribution is -0.142. The van der Waals surface area contributed by atoms with E-state index in [-0.39, 0.29) is 28.0 Å². The van der Waals surface area contributed by atoms with Gasteiger partial charge in [0.25, 0.3) is 11.1 Å². The van der Waals surface area contributed by atoms with Crippen LogP contribution in [-0.4, -0.2) is 19.7 Å². The van der Waals surface area contributed by atoms with Crippen LogP contribution in [0.5, 0.6) is 11.5 Å². The van der Waals surface area contributed by atoms with Crippen LogP contribution in [0, 0.1) is 6.57 Å². The Bertz CT molecular complexity index is 1260. The lowest BCUT2D eigenvalue weighted by Crippen LogP contribution is -2.27. The average molecular weight is 458 g/mol. The summed E-state index contributed by atoms with van der Waals surface area (Å²) in [6.45, 7) is 6.75. The molecular weight excluding hydrogens is 450 g/mol. The van der Waals surface area contributed by atoms with Gasteiger partial charge in [-0.15, -0.1) is 0 Å². The number of hydrogen-bond acceptors (Lipinski definition) is 5. The van der Waals surface area contributed by atoms with Crippen molar-refractivity contribution in [2.24, 2.45) is 0 Å². The molecule has 3 rings (SSSR count). The van der Waals surface area contributed by atoms with E-state index in [1.165, 1.54) is 12.1 Å². The molecule has 0 aliphatic rings. The number of H-pyrrole nitrogens is 1. The molecule has 0 spiro atoms. The first-order valence-corrected chi connectivity index (χ1v) is 8.61. The number of nitrogens with zero attached hydrogens (tertiary/aromatic N) is 4. The van der Waals surface area contributed by atoms with Gasteiger partial charge in [-0.3, -0.25) is 14.2 Å². The van der Waals surface area contributed by atoms with Crippen LogP contribution in [0.3, 0.4) is 0 Å². The molecule has 0 saturated heterocycles. The number of benzene rings is 1. The van der Waals surface area contributed by atoms with Gasteiger partial charge in [0.05, 0.1) is 30.2 Å². The number of aromatic amines is 1. The van der Waals surface area contributed by atoms with E-state index in [0.717, 1.165) is 16.7 Å². The highest BCUT2D eigenvalue weighted by Gasteiger charge is 2.39. The van der Waals surface area contributed by atoms with Crippen molar-refractivity contribution in [3.8, 4) is 11.5 Å². The number of rotatable bonds is 4. The van der Waals surface area contributed by atoms with Crippen LogP contribution in [0.4, 0.5) is 18.9 Å². The Balaban J connectivity index is 2.13. The van der Waals surface area contributed by atoms with E-state index in [9.17, 15) is 22.8 Å². The van der Waals surface area contributed by atoms with Gasteiger partial charge < -0.3 is 4.74 Å². The molecule has 154 valence electrons. The maximum Gasteiger partial charge on any atom is 0.437 e. The van der Waals surface area contributed by atoms with Gasteiger partial charge in [0.2, 0.25) is 11.4 Å². The molecule has 0 aliphatic heterocycles. The Morgan fingerprint density at radius 2 is 1.97 bits per heavy atom. The molecule has 0 bridgehead atoms. The van der Waals surface area contributed by atoms with Crippen LogP contribution in [0.1, 0.15) is 11.4 Å². The van der Waals surface area contributed by atoms with Gasteiger partial charge in [0.1, 0.15) is 5.75 Å². The highest BCUT2D eigenvalue weighted by atomic mass is 35.5. The number of alkyl halides is 3. The molecule has 3 aromatic rings. The second-order valence-electron chi connectivity index (χ2n) is 5.72. The molecule has 1 aromatic carbocycles. The molecule has 0 amide bonds. The minimum absolute atomic E-state index is 0.0318. The summed E-state index contributed by atoms with van der Waals surface area (Å²) in [5.41, 5.74) is -3.26. The highest BCUT2D eigenvalue weighted by molar-refractivity contribution is 6.36. The maximum absolute atomic E-state index is 13.4. The summed E-state index contributed by atoms with van der Waals surface area (Å²) in [5.74, 6) is -1.57. The zero-order chi connectivity index (χ0) is 22.1. The smallest absolute Gasteiger partial charge is 0.437 e. The predicted molar refractivity (Wildman–Crippen MR) is 100 cm³/mol. The maximum atomic E-state index is 13.4. The number of hydrogen-bond donors (Lipinski definition) is 1. The molecule has 2 heterocycles. The molecule has 0 unspecified atom stereocenters. The summed E-state index contributed by atoms with van der Waals surface area (Å²) in [6.07, 6.45) is -4.34. The van der Waals surface area contributed by atoms with E-state index in [4.69, 9.17) is 34.5 Å². The quantitative estimate of drug-likeness (QED) is 0.596. The molecule has 0 saturated carbocycles. The fraction of sp³-hybridized carbons (Fsp3) is 0.118. The van der Waals surface area contributed by atoms with Gasteiger partial charge in [-0.1, -0.05) is 23.2 Å². The number of ether oxygens (including phenoxy) is 1. The largest absolute Gasteiger partial charge is 0.449 e. The van der Waals surface area contributed by atoms with E-state index in [2.05, 4.69) is 20.0 Å². The van der Waals surface area contributed by atoms with Crippen LogP contribution in [0.15, 0.2) is 40.2 Å². The van der Waals surface area contributed by atoms with Crippen molar-refractivity contribution in [3.05, 3.63) is 84.2 Å². The van der Waals surface area contributed by atoms with Crippen molar-refractivity contribution in [2.75, 3.05) is 0 Å². The zero-order valence-corrected chi connectivity index (χ0v) is 16.0. The minimum atomic E-state index is -5.02. The summed E-state index contributed by atoms with van der Waals surface area (Å²) >= 11 is 11.8. The van der Waals surface area contributed by atoms with Crippen molar-refractivity contribution in [1.29, 1.82) is 0 Å². The van der Waals surface area contributed by atoms with E-state index in [0.29, 0.717) is 6.33 Å². The third kappa shape index (κ3) is 4.45. The summed E-state index contributed by atoms with van der Waals surface area (Å²) in [5, 5.41) is 5.48. The molecule has 8 nitrogen and oxygen atoms in total. The Morgan fingerprint density at radius 3 is 2.57 bits per heavy atom. The summed E-state index contributed by atoms with van der Waals surface area (Å²) in [7, 11) is 0. The predicted octanol–water partition coefficient (Wildman–Crippen LogP) is 4.04. The van der Waals surface area contributed by atoms with Gasteiger partial charge in [0, 0.05) is 11.1 Å². The monoisotopic (exact) mass is 457 g/mol. The Hall–Kier alpha value is -3.36. The number of halogens is 5. The Kier molecular flexibility index (Phi) is 5.82. The van der Waals surface area contributed by atoms with Gasteiger partial charge in [-0.2, -0.15) is 18.3 Å². The summed E-state index contributed by atoms with van der Waals surface area (Å²) in [4.78, 5) is 30.2. The highest BCUT2D eigenvalue weighted by Crippen LogP contribution is 2.41. The SMILES string of the molecule is [C-]#[N+]c1cc(Cl)cc(Oc2c(C(F)(F)F)ncn(Cc3ccc(=O)[nH]n3)c2=O)c1Cl. The first-order valence-electron chi connectivity index (χ1n) is 7.85. The number of aromatic nitrogens is 4. The van der Waals surface area contributed by atoms with Crippen LogP contribution in [-0.2, 0) is 12.7 Å². The van der Waals surface area contributed by atoms with Crippen LogP contribution >= 0.6 is 23.2 Å². The van der Waals surface area contributed by atoms with Crippen LogP contribution in [0.25, 0.3) is 4.85 Å². The van der Waals surface area contributed by atoms with Crippen molar-refractivity contribution in [3.63, 3.8) is 0 Å². The van der Waals surface area contributed by atoms with Gasteiger partial charge in [-0.25, -0.2) is 14.9 Å². The van der Waals surface area contributed by atoms with Crippen molar-refractivity contribution in [2.45, 2.75) is 12.7 Å². The van der Waals surface area contributed by atoms with Gasteiger partial charge in [0.15, 0.2) is 5.69 Å². The van der Waals surface area contributed by atoms with Crippen molar-refractivity contribution < 1.29 is 17.9 Å². The molecule has 13 heteroatoms. The third-order valence-electron chi connectivity index (χ3n) is 3.65. The van der Waals surface area contributed by atoms with Gasteiger partial charge in [-0.05, 0) is 18.2 Å². The molecule has 1 N–H and O–H groups in total. The third-order valence-corrected chi connectivity index (χ3v) is 4.25. The van der Waals surface area contributed by atoms with Crippen molar-refractivity contribution >= 4 is 28.9 Å². The fourth-order valence-corrected chi connectivity index (χ4v) is 2.72. The molecule has 2 aromatic heterocycles. The fourth-order valence-electron chi connectivity index (χ4n) is 2.33. The average Bonchev–Trinajstić information content (AvgIpc) is 2.68. The molecular formula is C17H8Cl2F3N5O3. The second kappa shape index (κ2) is 8.17. The van der Waals surface area contributed by atoms with E-state index < -0.39 is 34.5 Å². The normalized spacial score (nSPS) is 11.2. The van der Waals surface area contributed by atoms with E-state index >= 15 is 0 Å². The van der Waals surface area contributed by atoms with Crippen molar-refractivity contribution in [1.82, 2.24) is 19.7 Å². The van der Waals surface area contributed by atoms with Gasteiger partial charge >= 0.3 is 6.18 Å². The summed E-state index contributed by atoms with van der Waals surface area (Å²) < 4.78 is 46.2. The minimum Gasteiger partial charge on any atom is -0.449 e. The van der Waals surface area contributed by atoms with E-state index in [1.807, 2.05) is 0 Å². The molecule has 0 aliphatic carbocycles. The first kappa shape index (κ1) is 21.4. The first-order chi connectivity index (χ1) is 14.1. The lowest BCUT2D eigenvalue weighted by atomic mass is 10.3. The Morgan fingerprint density at radius 1 is 1.23 bits per heavy atom. The Labute approximate surface area is 175 Å². The van der Waals surface area contributed by atoms with Crippen LogP contribution < -0.4 is 15.9 Å². The van der Waals surface area contributed by atoms with E-state index in [1.54, 1.807) is 0 Å². The lowest BCUT2D eigenvalue weighted by Gasteiger charge is -2.15. The molecule has 0 atom stereocenters. The zero-order valence-electron chi connectivity index (χ0n) is 14.5. The second-order valence-corrected chi connectivity index (χ2v) is 6.53.